The van der Waals surface area contributed by atoms with E-state index in [-0.39, 0.29) is 5.37 Å². The Labute approximate surface area is 54.6 Å². The van der Waals surface area contributed by atoms with E-state index >= 15 is 0 Å². The zero-order valence-electron chi connectivity index (χ0n) is 5.00. The van der Waals surface area contributed by atoms with Gasteiger partial charge in [-0.25, -0.2) is 0 Å². The molecule has 0 spiro atoms. The van der Waals surface area contributed by atoms with Crippen molar-refractivity contribution in [2.75, 3.05) is 14.2 Å². The van der Waals surface area contributed by atoms with E-state index < -0.39 is 6.29 Å². The summed E-state index contributed by atoms with van der Waals surface area (Å²) in [7, 11) is 3.04. The summed E-state index contributed by atoms with van der Waals surface area (Å²) in [5, 5.41) is -0.370. The number of hydrogen-bond donors (Lipinski definition) is 2. The van der Waals surface area contributed by atoms with Gasteiger partial charge >= 0.3 is 0 Å². The molecule has 1 atom stereocenters. The van der Waals surface area contributed by atoms with Gasteiger partial charge in [0.2, 0.25) is 0 Å². The molecule has 0 aliphatic rings. The van der Waals surface area contributed by atoms with Crippen molar-refractivity contribution >= 4 is 12.6 Å². The first-order valence-electron chi connectivity index (χ1n) is 2.21. The van der Waals surface area contributed by atoms with E-state index in [2.05, 4.69) is 12.6 Å². The van der Waals surface area contributed by atoms with Gasteiger partial charge in [-0.1, -0.05) is 0 Å². The second kappa shape index (κ2) is 4.14. The first-order valence-corrected chi connectivity index (χ1v) is 2.73. The van der Waals surface area contributed by atoms with Gasteiger partial charge in [-0.05, 0) is 0 Å². The summed E-state index contributed by atoms with van der Waals surface area (Å²) in [6.45, 7) is 0. The molecular weight excluding hydrogens is 126 g/mol. The molecule has 0 aromatic heterocycles. The van der Waals surface area contributed by atoms with Crippen LogP contribution in [0, 0.1) is 0 Å². The molecule has 0 saturated carbocycles. The van der Waals surface area contributed by atoms with Crippen molar-refractivity contribution in [2.45, 2.75) is 11.7 Å². The zero-order valence-corrected chi connectivity index (χ0v) is 5.89. The van der Waals surface area contributed by atoms with E-state index in [0.717, 1.165) is 0 Å². The molecule has 0 radical (unpaired) electrons. The van der Waals surface area contributed by atoms with Crippen LogP contribution in [0.2, 0.25) is 0 Å². The van der Waals surface area contributed by atoms with Crippen molar-refractivity contribution in [1.82, 2.24) is 0 Å². The standard InChI is InChI=1S/C4H11NO2S/c1-6-4(7-2)3(5)8/h3-4,8H,5H2,1-2H3. The van der Waals surface area contributed by atoms with Crippen LogP contribution in [0.4, 0.5) is 0 Å². The van der Waals surface area contributed by atoms with Crippen molar-refractivity contribution < 1.29 is 9.47 Å². The monoisotopic (exact) mass is 137 g/mol. The van der Waals surface area contributed by atoms with Crippen LogP contribution < -0.4 is 5.73 Å². The molecule has 1 unspecified atom stereocenters. The van der Waals surface area contributed by atoms with Crippen LogP contribution in [0.15, 0.2) is 0 Å². The van der Waals surface area contributed by atoms with Gasteiger partial charge in [-0.15, -0.1) is 0 Å². The molecule has 0 bridgehead atoms. The molecule has 0 heterocycles. The van der Waals surface area contributed by atoms with Crippen LogP contribution in [0.5, 0.6) is 0 Å². The van der Waals surface area contributed by atoms with Crippen LogP contribution in [0.25, 0.3) is 0 Å². The van der Waals surface area contributed by atoms with E-state index in [0.29, 0.717) is 0 Å². The third-order valence-corrected chi connectivity index (χ3v) is 0.987. The molecule has 0 aliphatic heterocycles. The smallest absolute Gasteiger partial charge is 0.181 e. The van der Waals surface area contributed by atoms with E-state index in [1.807, 2.05) is 0 Å². The minimum absolute atomic E-state index is 0.370. The Bertz CT molecular complexity index is 56.0. The van der Waals surface area contributed by atoms with Gasteiger partial charge in [-0.3, -0.25) is 0 Å². The molecule has 0 rings (SSSR count). The molecule has 3 nitrogen and oxygen atoms in total. The zero-order chi connectivity index (χ0) is 6.57. The minimum Gasteiger partial charge on any atom is -0.353 e. The van der Waals surface area contributed by atoms with Crippen molar-refractivity contribution in [2.24, 2.45) is 5.73 Å². The third kappa shape index (κ3) is 2.52. The minimum atomic E-state index is -0.404. The maximum Gasteiger partial charge on any atom is 0.181 e. The molecule has 0 amide bonds. The summed E-state index contributed by atoms with van der Waals surface area (Å²) in [4.78, 5) is 0. The number of nitrogens with two attached hydrogens (primary N) is 1. The van der Waals surface area contributed by atoms with Gasteiger partial charge in [0.1, 0.15) is 0 Å². The summed E-state index contributed by atoms with van der Waals surface area (Å²) >= 11 is 3.88. The lowest BCUT2D eigenvalue weighted by Gasteiger charge is -2.15. The van der Waals surface area contributed by atoms with E-state index in [1.54, 1.807) is 0 Å². The highest BCUT2D eigenvalue weighted by Crippen LogP contribution is 1.98. The number of rotatable bonds is 3. The third-order valence-electron chi connectivity index (χ3n) is 0.743. The molecule has 0 aromatic rings. The Balaban J connectivity index is 3.35. The Morgan fingerprint density at radius 1 is 1.38 bits per heavy atom. The molecule has 50 valence electrons. The topological polar surface area (TPSA) is 44.5 Å². The Morgan fingerprint density at radius 3 is 1.75 bits per heavy atom. The molecule has 0 aliphatic carbocycles. The van der Waals surface area contributed by atoms with Crippen molar-refractivity contribution in [3.8, 4) is 0 Å². The van der Waals surface area contributed by atoms with E-state index in [4.69, 9.17) is 15.2 Å². The SMILES string of the molecule is COC(OC)C(N)S. The van der Waals surface area contributed by atoms with Crippen LogP contribution in [0.1, 0.15) is 0 Å². The highest BCUT2D eigenvalue weighted by Gasteiger charge is 2.09. The van der Waals surface area contributed by atoms with Crippen LogP contribution in [-0.4, -0.2) is 25.9 Å². The number of ether oxygens (including phenoxy) is 2. The van der Waals surface area contributed by atoms with Gasteiger partial charge in [0.15, 0.2) is 6.29 Å². The second-order valence-electron chi connectivity index (χ2n) is 1.33. The maximum atomic E-state index is 5.27. The van der Waals surface area contributed by atoms with Crippen LogP contribution >= 0.6 is 12.6 Å². The number of thiol groups is 1. The maximum absolute atomic E-state index is 5.27. The fraction of sp³-hybridized carbons (Fsp3) is 1.00. The molecule has 0 fully saturated rings. The summed E-state index contributed by atoms with van der Waals surface area (Å²) in [5.41, 5.74) is 5.27. The average Bonchev–Trinajstić information content (AvgIpc) is 1.69. The molecule has 0 saturated heterocycles. The first kappa shape index (κ1) is 8.23. The Hall–Kier alpha value is 0.230. The van der Waals surface area contributed by atoms with E-state index in [9.17, 15) is 0 Å². The summed E-state index contributed by atoms with van der Waals surface area (Å²) in [6, 6.07) is 0. The van der Waals surface area contributed by atoms with Crippen molar-refractivity contribution in [3.63, 3.8) is 0 Å². The molecule has 2 N–H and O–H groups in total. The summed E-state index contributed by atoms with van der Waals surface area (Å²) in [5.74, 6) is 0. The predicted octanol–water partition coefficient (Wildman–Crippen LogP) is -0.180. The number of hydrogen-bond acceptors (Lipinski definition) is 4. The van der Waals surface area contributed by atoms with Gasteiger partial charge < -0.3 is 15.2 Å². The lowest BCUT2D eigenvalue weighted by Crippen LogP contribution is -2.32. The molecule has 4 heteroatoms. The van der Waals surface area contributed by atoms with Crippen molar-refractivity contribution in [3.05, 3.63) is 0 Å². The second-order valence-corrected chi connectivity index (χ2v) is 1.93. The lowest BCUT2D eigenvalue weighted by molar-refractivity contribution is -0.100. The van der Waals surface area contributed by atoms with Gasteiger partial charge in [0, 0.05) is 14.2 Å². The summed E-state index contributed by atoms with van der Waals surface area (Å²) in [6.07, 6.45) is -0.404. The lowest BCUT2D eigenvalue weighted by atomic mass is 10.6. The Kier molecular flexibility index (Phi) is 4.26. The normalized spacial score (nSPS) is 14.6. The van der Waals surface area contributed by atoms with Gasteiger partial charge in [0.25, 0.3) is 0 Å². The average molecular weight is 137 g/mol. The fourth-order valence-corrected chi connectivity index (χ4v) is 0.619. The highest BCUT2D eigenvalue weighted by atomic mass is 32.1. The predicted molar refractivity (Wildman–Crippen MR) is 34.8 cm³/mol. The Morgan fingerprint density at radius 2 is 1.75 bits per heavy atom. The largest absolute Gasteiger partial charge is 0.353 e. The number of methoxy groups -OCH3 is 2. The fourth-order valence-electron chi connectivity index (χ4n) is 0.375. The summed E-state index contributed by atoms with van der Waals surface area (Å²) < 4.78 is 9.47. The van der Waals surface area contributed by atoms with Crippen molar-refractivity contribution in [1.29, 1.82) is 0 Å². The van der Waals surface area contributed by atoms with Crippen LogP contribution in [0.3, 0.4) is 0 Å². The van der Waals surface area contributed by atoms with Gasteiger partial charge in [-0.2, -0.15) is 12.6 Å². The molecule has 8 heavy (non-hydrogen) atoms. The quantitative estimate of drug-likeness (QED) is 0.419. The van der Waals surface area contributed by atoms with Crippen LogP contribution in [-0.2, 0) is 9.47 Å². The molecule has 0 aromatic carbocycles. The van der Waals surface area contributed by atoms with Gasteiger partial charge in [0.05, 0.1) is 5.37 Å². The van der Waals surface area contributed by atoms with E-state index in [1.165, 1.54) is 14.2 Å². The first-order chi connectivity index (χ1) is 3.72. The highest BCUT2D eigenvalue weighted by molar-refractivity contribution is 7.80. The molecular formula is C4H11NO2S.